The van der Waals surface area contributed by atoms with Gasteiger partial charge in [0.1, 0.15) is 0 Å². The highest BCUT2D eigenvalue weighted by molar-refractivity contribution is 5.93. The lowest BCUT2D eigenvalue weighted by atomic mass is 10.1. The number of rotatable bonds is 1. The van der Waals surface area contributed by atoms with E-state index in [0.717, 1.165) is 11.3 Å². The molecule has 0 saturated heterocycles. The summed E-state index contributed by atoms with van der Waals surface area (Å²) in [5.74, 6) is 0. The van der Waals surface area contributed by atoms with Crippen LogP contribution in [-0.2, 0) is 0 Å². The van der Waals surface area contributed by atoms with Gasteiger partial charge in [-0.15, -0.1) is 0 Å². The molecular formula is C8H10N+. The zero-order valence-corrected chi connectivity index (χ0v) is 5.46. The van der Waals surface area contributed by atoms with Gasteiger partial charge in [-0.05, 0) is 12.1 Å². The molecule has 1 aromatic rings. The van der Waals surface area contributed by atoms with Crippen molar-refractivity contribution in [1.29, 1.82) is 0 Å². The molecule has 0 heterocycles. The fraction of sp³-hybridized carbons (Fsp3) is 0.125. The number of hydrogen-bond donors (Lipinski definition) is 1. The molecule has 0 radical (unpaired) electrons. The SMILES string of the molecule is CC(=[NH2+])c1ccccc1. The summed E-state index contributed by atoms with van der Waals surface area (Å²) in [6.07, 6.45) is 0. The molecule has 0 aliphatic rings. The summed E-state index contributed by atoms with van der Waals surface area (Å²) in [7, 11) is 0. The fourth-order valence-electron chi connectivity index (χ4n) is 0.701. The van der Waals surface area contributed by atoms with Gasteiger partial charge < -0.3 is 0 Å². The summed E-state index contributed by atoms with van der Waals surface area (Å²) < 4.78 is 0. The third-order valence-corrected chi connectivity index (χ3v) is 1.23. The van der Waals surface area contributed by atoms with E-state index in [1.165, 1.54) is 0 Å². The normalized spacial score (nSPS) is 9.00. The average Bonchev–Trinajstić information content (AvgIpc) is 1.90. The minimum absolute atomic E-state index is 0.871. The Morgan fingerprint density at radius 2 is 1.78 bits per heavy atom. The van der Waals surface area contributed by atoms with Crippen LogP contribution in [0.1, 0.15) is 12.5 Å². The lowest BCUT2D eigenvalue weighted by Crippen LogP contribution is -2.37. The van der Waals surface area contributed by atoms with Gasteiger partial charge in [0, 0.05) is 12.5 Å². The monoisotopic (exact) mass is 120 g/mol. The Morgan fingerprint density at radius 3 is 2.11 bits per heavy atom. The van der Waals surface area contributed by atoms with Crippen LogP contribution in [0.25, 0.3) is 0 Å². The van der Waals surface area contributed by atoms with E-state index >= 15 is 0 Å². The first-order chi connectivity index (χ1) is 4.30. The van der Waals surface area contributed by atoms with Crippen LogP contribution >= 0.6 is 0 Å². The molecule has 1 rings (SSSR count). The van der Waals surface area contributed by atoms with Crippen LogP contribution in [0.4, 0.5) is 0 Å². The van der Waals surface area contributed by atoms with Gasteiger partial charge in [0.05, 0.1) is 0 Å². The highest BCUT2D eigenvalue weighted by Gasteiger charge is 1.94. The first-order valence-corrected chi connectivity index (χ1v) is 2.95. The molecule has 9 heavy (non-hydrogen) atoms. The summed E-state index contributed by atoms with van der Waals surface area (Å²) in [5, 5.41) is 5.53. The Labute approximate surface area is 54.8 Å². The zero-order chi connectivity index (χ0) is 6.69. The van der Waals surface area contributed by atoms with Crippen molar-refractivity contribution in [1.82, 2.24) is 0 Å². The van der Waals surface area contributed by atoms with Crippen LogP contribution in [-0.4, -0.2) is 5.71 Å². The third-order valence-electron chi connectivity index (χ3n) is 1.23. The van der Waals surface area contributed by atoms with Gasteiger partial charge >= 0.3 is 0 Å². The molecule has 46 valence electrons. The van der Waals surface area contributed by atoms with Gasteiger partial charge in [-0.1, -0.05) is 18.2 Å². The van der Waals surface area contributed by atoms with E-state index in [0.29, 0.717) is 0 Å². The first-order valence-electron chi connectivity index (χ1n) is 2.95. The molecule has 0 aliphatic carbocycles. The summed E-state index contributed by atoms with van der Waals surface area (Å²) in [6.45, 7) is 1.90. The maximum atomic E-state index is 5.53. The van der Waals surface area contributed by atoms with Crippen molar-refractivity contribution < 1.29 is 5.41 Å². The van der Waals surface area contributed by atoms with Crippen LogP contribution < -0.4 is 5.41 Å². The second kappa shape index (κ2) is 2.44. The summed E-state index contributed by atoms with van der Waals surface area (Å²) in [6, 6.07) is 9.93. The minimum Gasteiger partial charge on any atom is -0.258 e. The Hall–Kier alpha value is -1.11. The molecule has 0 spiro atoms. The molecule has 1 aromatic carbocycles. The van der Waals surface area contributed by atoms with E-state index in [9.17, 15) is 0 Å². The van der Waals surface area contributed by atoms with Crippen LogP contribution in [0.15, 0.2) is 30.3 Å². The number of nitrogens with two attached hydrogens (primary N) is 1. The average molecular weight is 120 g/mol. The van der Waals surface area contributed by atoms with Crippen molar-refractivity contribution in [3.63, 3.8) is 0 Å². The minimum atomic E-state index is 0.871. The molecule has 0 bridgehead atoms. The Bertz CT molecular complexity index is 201. The maximum Gasteiger partial charge on any atom is 0.176 e. The van der Waals surface area contributed by atoms with E-state index in [4.69, 9.17) is 5.41 Å². The topological polar surface area (TPSA) is 25.6 Å². The number of hydrogen-bond acceptors (Lipinski definition) is 0. The van der Waals surface area contributed by atoms with Crippen LogP contribution in [0.3, 0.4) is 0 Å². The summed E-state index contributed by atoms with van der Waals surface area (Å²) in [4.78, 5) is 0. The third kappa shape index (κ3) is 1.39. The van der Waals surface area contributed by atoms with Crippen molar-refractivity contribution in [2.45, 2.75) is 6.92 Å². The largest absolute Gasteiger partial charge is 0.258 e. The van der Waals surface area contributed by atoms with Crippen molar-refractivity contribution in [2.24, 2.45) is 0 Å². The quantitative estimate of drug-likeness (QED) is 0.514. The van der Waals surface area contributed by atoms with E-state index in [2.05, 4.69) is 0 Å². The smallest absolute Gasteiger partial charge is 0.176 e. The fourth-order valence-corrected chi connectivity index (χ4v) is 0.701. The highest BCUT2D eigenvalue weighted by atomic mass is 14.4. The number of benzene rings is 1. The predicted molar refractivity (Wildman–Crippen MR) is 38.2 cm³/mol. The predicted octanol–water partition coefficient (Wildman–Crippen LogP) is 0.255. The second-order valence-corrected chi connectivity index (χ2v) is 2.05. The van der Waals surface area contributed by atoms with E-state index in [1.807, 2.05) is 37.3 Å². The van der Waals surface area contributed by atoms with Crippen LogP contribution in [0, 0.1) is 0 Å². The second-order valence-electron chi connectivity index (χ2n) is 2.05. The molecule has 0 aliphatic heterocycles. The maximum absolute atomic E-state index is 5.53. The summed E-state index contributed by atoms with van der Waals surface area (Å²) >= 11 is 0. The van der Waals surface area contributed by atoms with Gasteiger partial charge in [-0.3, -0.25) is 5.41 Å². The molecule has 1 nitrogen and oxygen atoms in total. The Morgan fingerprint density at radius 1 is 1.22 bits per heavy atom. The Balaban J connectivity index is 2.98. The lowest BCUT2D eigenvalue weighted by molar-refractivity contribution is -0.113. The standard InChI is InChI=1S/C8H9N/c1-7(9)8-5-3-2-4-6-8/h2-6,9H,1H3/p+1. The zero-order valence-electron chi connectivity index (χ0n) is 5.46. The summed E-state index contributed by atoms with van der Waals surface area (Å²) in [5.41, 5.74) is 1.98. The molecule has 0 aromatic heterocycles. The van der Waals surface area contributed by atoms with Crippen molar-refractivity contribution >= 4 is 5.71 Å². The molecule has 1 heteroatoms. The first kappa shape index (κ1) is 6.02. The van der Waals surface area contributed by atoms with Gasteiger partial charge in [0.25, 0.3) is 0 Å². The van der Waals surface area contributed by atoms with Crippen molar-refractivity contribution in [3.05, 3.63) is 35.9 Å². The lowest BCUT2D eigenvalue weighted by Gasteiger charge is -1.88. The molecule has 0 amide bonds. The van der Waals surface area contributed by atoms with Gasteiger partial charge in [0.15, 0.2) is 5.71 Å². The van der Waals surface area contributed by atoms with E-state index < -0.39 is 0 Å². The Kier molecular flexibility index (Phi) is 1.63. The highest BCUT2D eigenvalue weighted by Crippen LogP contribution is 1.95. The molecule has 2 N–H and O–H groups in total. The van der Waals surface area contributed by atoms with Gasteiger partial charge in [-0.25, -0.2) is 0 Å². The van der Waals surface area contributed by atoms with E-state index in [1.54, 1.807) is 0 Å². The van der Waals surface area contributed by atoms with Gasteiger partial charge in [0.2, 0.25) is 0 Å². The molecule has 0 unspecified atom stereocenters. The van der Waals surface area contributed by atoms with Crippen LogP contribution in [0.5, 0.6) is 0 Å². The molecule has 0 atom stereocenters. The van der Waals surface area contributed by atoms with Gasteiger partial charge in [-0.2, -0.15) is 0 Å². The van der Waals surface area contributed by atoms with E-state index in [-0.39, 0.29) is 0 Å². The van der Waals surface area contributed by atoms with Crippen molar-refractivity contribution in [2.75, 3.05) is 0 Å². The molecular weight excluding hydrogens is 110 g/mol. The van der Waals surface area contributed by atoms with Crippen molar-refractivity contribution in [3.8, 4) is 0 Å². The molecule has 0 fully saturated rings. The van der Waals surface area contributed by atoms with Crippen LogP contribution in [0.2, 0.25) is 0 Å². The molecule has 0 saturated carbocycles.